The van der Waals surface area contributed by atoms with Gasteiger partial charge in [-0.2, -0.15) is 0 Å². The first-order chi connectivity index (χ1) is 8.52. The molecule has 0 bridgehead atoms. The van der Waals surface area contributed by atoms with E-state index < -0.39 is 0 Å². The van der Waals surface area contributed by atoms with Crippen LogP contribution in [0.1, 0.15) is 38.2 Å². The lowest BCUT2D eigenvalue weighted by molar-refractivity contribution is 0.242. The third-order valence-electron chi connectivity index (χ3n) is 4.06. The van der Waals surface area contributed by atoms with Crippen molar-refractivity contribution in [3.63, 3.8) is 0 Å². The molecule has 1 aliphatic carbocycles. The molecule has 3 heteroatoms. The van der Waals surface area contributed by atoms with Crippen molar-refractivity contribution in [3.8, 4) is 5.75 Å². The maximum absolute atomic E-state index is 6.53. The van der Waals surface area contributed by atoms with Crippen molar-refractivity contribution < 1.29 is 4.74 Å². The van der Waals surface area contributed by atoms with Gasteiger partial charge in [-0.3, -0.25) is 0 Å². The number of nitrogens with two attached hydrogens (primary N) is 1. The molecule has 0 amide bonds. The molecule has 2 nitrogen and oxygen atoms in total. The van der Waals surface area contributed by atoms with E-state index in [4.69, 9.17) is 22.1 Å². The van der Waals surface area contributed by atoms with Gasteiger partial charge in [0.15, 0.2) is 0 Å². The van der Waals surface area contributed by atoms with Crippen molar-refractivity contribution in [2.75, 3.05) is 7.11 Å². The van der Waals surface area contributed by atoms with E-state index in [-0.39, 0.29) is 5.54 Å². The molecule has 2 rings (SSSR count). The van der Waals surface area contributed by atoms with E-state index in [9.17, 15) is 0 Å². The zero-order valence-corrected chi connectivity index (χ0v) is 12.0. The zero-order valence-electron chi connectivity index (χ0n) is 11.2. The largest absolute Gasteiger partial charge is 0.496 e. The molecule has 2 N–H and O–H groups in total. The monoisotopic (exact) mass is 267 g/mol. The lowest BCUT2D eigenvalue weighted by Gasteiger charge is -2.36. The molecule has 0 atom stereocenters. The highest BCUT2D eigenvalue weighted by molar-refractivity contribution is 6.30. The van der Waals surface area contributed by atoms with Crippen LogP contribution in [-0.4, -0.2) is 12.6 Å². The van der Waals surface area contributed by atoms with Gasteiger partial charge >= 0.3 is 0 Å². The van der Waals surface area contributed by atoms with Crippen LogP contribution < -0.4 is 10.5 Å². The number of ether oxygens (including phenoxy) is 1. The zero-order chi connectivity index (χ0) is 13.2. The summed E-state index contributed by atoms with van der Waals surface area (Å²) in [5.74, 6) is 1.70. The molecular weight excluding hydrogens is 246 g/mol. The fourth-order valence-electron chi connectivity index (χ4n) is 2.78. The first-order valence-electron chi connectivity index (χ1n) is 6.64. The number of methoxy groups -OCH3 is 1. The third-order valence-corrected chi connectivity index (χ3v) is 4.29. The predicted octanol–water partition coefficient (Wildman–Crippen LogP) is 3.80. The Labute approximate surface area is 114 Å². The summed E-state index contributed by atoms with van der Waals surface area (Å²) < 4.78 is 5.39. The van der Waals surface area contributed by atoms with Crippen molar-refractivity contribution in [1.29, 1.82) is 0 Å². The van der Waals surface area contributed by atoms with E-state index in [0.29, 0.717) is 0 Å². The van der Waals surface area contributed by atoms with Gasteiger partial charge in [0, 0.05) is 10.6 Å². The Bertz CT molecular complexity index is 411. The lowest BCUT2D eigenvalue weighted by atomic mass is 9.74. The number of halogens is 1. The van der Waals surface area contributed by atoms with Gasteiger partial charge in [0.1, 0.15) is 5.75 Å². The fraction of sp³-hybridized carbons (Fsp3) is 0.600. The molecule has 1 aromatic carbocycles. The second-order valence-corrected chi connectivity index (χ2v) is 6.11. The predicted molar refractivity (Wildman–Crippen MR) is 76.3 cm³/mol. The quantitative estimate of drug-likeness (QED) is 0.904. The van der Waals surface area contributed by atoms with E-state index in [2.05, 4.69) is 6.92 Å². The summed E-state index contributed by atoms with van der Waals surface area (Å²) in [4.78, 5) is 0. The van der Waals surface area contributed by atoms with Crippen LogP contribution in [0.15, 0.2) is 18.2 Å². The molecule has 0 heterocycles. The topological polar surface area (TPSA) is 35.2 Å². The van der Waals surface area contributed by atoms with Crippen LogP contribution in [-0.2, 0) is 6.42 Å². The second-order valence-electron chi connectivity index (χ2n) is 5.68. The molecule has 1 aromatic rings. The second kappa shape index (κ2) is 5.50. The first-order valence-corrected chi connectivity index (χ1v) is 7.01. The van der Waals surface area contributed by atoms with Gasteiger partial charge < -0.3 is 10.5 Å². The molecule has 0 unspecified atom stereocenters. The average molecular weight is 268 g/mol. The van der Waals surface area contributed by atoms with Crippen LogP contribution in [0, 0.1) is 5.92 Å². The summed E-state index contributed by atoms with van der Waals surface area (Å²) in [6, 6.07) is 5.76. The van der Waals surface area contributed by atoms with Crippen molar-refractivity contribution >= 4 is 11.6 Å². The Hall–Kier alpha value is -0.730. The number of hydrogen-bond donors (Lipinski definition) is 1. The van der Waals surface area contributed by atoms with Crippen LogP contribution in [0.2, 0.25) is 5.02 Å². The van der Waals surface area contributed by atoms with Gasteiger partial charge in [-0.05, 0) is 61.8 Å². The van der Waals surface area contributed by atoms with Gasteiger partial charge in [0.2, 0.25) is 0 Å². The van der Waals surface area contributed by atoms with Crippen LogP contribution in [0.25, 0.3) is 0 Å². The van der Waals surface area contributed by atoms with E-state index in [1.807, 2.05) is 18.2 Å². The van der Waals surface area contributed by atoms with E-state index in [1.54, 1.807) is 7.11 Å². The van der Waals surface area contributed by atoms with E-state index in [1.165, 1.54) is 12.8 Å². The normalized spacial score (nSPS) is 28.1. The van der Waals surface area contributed by atoms with Gasteiger partial charge in [0.05, 0.1) is 7.11 Å². The lowest BCUT2D eigenvalue weighted by Crippen LogP contribution is -2.45. The Kier molecular flexibility index (Phi) is 4.18. The first kappa shape index (κ1) is 13.7. The van der Waals surface area contributed by atoms with Crippen LogP contribution in [0.3, 0.4) is 0 Å². The van der Waals surface area contributed by atoms with Crippen LogP contribution in [0.4, 0.5) is 0 Å². The summed E-state index contributed by atoms with van der Waals surface area (Å²) in [7, 11) is 1.69. The molecule has 0 aliphatic heterocycles. The smallest absolute Gasteiger partial charge is 0.122 e. The third kappa shape index (κ3) is 3.18. The molecular formula is C15H22ClNO. The van der Waals surface area contributed by atoms with E-state index >= 15 is 0 Å². The van der Waals surface area contributed by atoms with Crippen molar-refractivity contribution in [2.24, 2.45) is 11.7 Å². The maximum Gasteiger partial charge on any atom is 0.122 e. The Balaban J connectivity index is 2.15. The number of hydrogen-bond acceptors (Lipinski definition) is 2. The summed E-state index contributed by atoms with van der Waals surface area (Å²) in [5, 5.41) is 0.749. The molecule has 0 saturated heterocycles. The SMILES string of the molecule is COc1ccc(Cl)cc1CC1(N)CCC(C)CC1. The number of benzene rings is 1. The molecule has 1 aliphatic rings. The van der Waals surface area contributed by atoms with E-state index in [0.717, 1.165) is 41.5 Å². The maximum atomic E-state index is 6.53. The summed E-state index contributed by atoms with van der Waals surface area (Å²) in [5.41, 5.74) is 7.56. The van der Waals surface area contributed by atoms with Crippen molar-refractivity contribution in [1.82, 2.24) is 0 Å². The van der Waals surface area contributed by atoms with Gasteiger partial charge in [-0.15, -0.1) is 0 Å². The molecule has 0 radical (unpaired) electrons. The molecule has 0 aromatic heterocycles. The fourth-order valence-corrected chi connectivity index (χ4v) is 2.97. The van der Waals surface area contributed by atoms with Gasteiger partial charge in [-0.25, -0.2) is 0 Å². The summed E-state index contributed by atoms with van der Waals surface area (Å²) >= 11 is 6.06. The highest BCUT2D eigenvalue weighted by atomic mass is 35.5. The summed E-state index contributed by atoms with van der Waals surface area (Å²) in [6.45, 7) is 2.31. The molecule has 1 saturated carbocycles. The molecule has 18 heavy (non-hydrogen) atoms. The van der Waals surface area contributed by atoms with Crippen LogP contribution in [0.5, 0.6) is 5.75 Å². The molecule has 0 spiro atoms. The standard InChI is InChI=1S/C15H22ClNO/c1-11-5-7-15(17,8-6-11)10-12-9-13(16)3-4-14(12)18-2/h3-4,9,11H,5-8,10,17H2,1-2H3. The minimum absolute atomic E-state index is 0.0928. The van der Waals surface area contributed by atoms with Gasteiger partial charge in [0.25, 0.3) is 0 Å². The van der Waals surface area contributed by atoms with Crippen molar-refractivity contribution in [3.05, 3.63) is 28.8 Å². The minimum atomic E-state index is -0.0928. The van der Waals surface area contributed by atoms with Crippen LogP contribution >= 0.6 is 11.6 Å². The highest BCUT2D eigenvalue weighted by Crippen LogP contribution is 2.35. The Morgan fingerprint density at radius 3 is 2.67 bits per heavy atom. The Morgan fingerprint density at radius 1 is 1.39 bits per heavy atom. The minimum Gasteiger partial charge on any atom is -0.496 e. The van der Waals surface area contributed by atoms with Crippen molar-refractivity contribution in [2.45, 2.75) is 44.6 Å². The molecule has 100 valence electrons. The average Bonchev–Trinajstić information content (AvgIpc) is 2.34. The van der Waals surface area contributed by atoms with Gasteiger partial charge in [-0.1, -0.05) is 18.5 Å². The molecule has 1 fully saturated rings. The summed E-state index contributed by atoms with van der Waals surface area (Å²) in [6.07, 6.45) is 5.47. The highest BCUT2D eigenvalue weighted by Gasteiger charge is 2.31. The Morgan fingerprint density at radius 2 is 2.06 bits per heavy atom. The number of rotatable bonds is 3.